The molecule has 0 spiro atoms. The van der Waals surface area contributed by atoms with Crippen molar-refractivity contribution in [1.82, 2.24) is 30.2 Å². The van der Waals surface area contributed by atoms with Gasteiger partial charge in [0, 0.05) is 84.0 Å². The van der Waals surface area contributed by atoms with Crippen molar-refractivity contribution in [2.75, 3.05) is 48.5 Å². The van der Waals surface area contributed by atoms with Crippen LogP contribution in [0.15, 0.2) is 12.2 Å². The zero-order valence-electron chi connectivity index (χ0n) is 46.8. The first-order chi connectivity index (χ1) is 35.5. The standard InChI is InChI=1S/C53H87N7O16/c1-14-30(6)48(58(11)52(72)34(28(2)3)25-40(64)47(29(4)5)57(9)10)41(75-12)26-44(67)59-23-15-16-36(59)49(76-13)31(7)50(70)56-46(32(8)61)39(63)24-33(17-22-45(68)69)51(71)55-35(53(73)74)18-19-38(62)37(27-54)60-42(65)20-21-43(60)66/h20-21,28-37,41,46-49,61H,14-19,22-27,54H2,1-13H3,(H,55,71)(H,56,70)(H,68,69)(H,73,74)/t30-,31+,32?,33+,34-,35-,36-,37-,41+,46-,47-,48-,49?/m0/s1. The summed E-state index contributed by atoms with van der Waals surface area (Å²) in [4.78, 5) is 151. The predicted octanol–water partition coefficient (Wildman–Crippen LogP) is 1.20. The molecule has 2 heterocycles. The molecule has 0 bridgehead atoms. The maximum atomic E-state index is 14.4. The van der Waals surface area contributed by atoms with Crippen molar-refractivity contribution < 1.29 is 77.5 Å². The van der Waals surface area contributed by atoms with Crippen molar-refractivity contribution in [3.63, 3.8) is 0 Å². The van der Waals surface area contributed by atoms with Crippen molar-refractivity contribution >= 4 is 64.7 Å². The number of methoxy groups -OCH3 is 2. The topological polar surface area (TPSA) is 330 Å². The molecule has 2 rings (SSSR count). The highest BCUT2D eigenvalue weighted by Gasteiger charge is 2.44. The largest absolute Gasteiger partial charge is 0.481 e. The van der Waals surface area contributed by atoms with Crippen LogP contribution in [0.4, 0.5) is 0 Å². The lowest BCUT2D eigenvalue weighted by Crippen LogP contribution is -2.55. The first-order valence-electron chi connectivity index (χ1n) is 26.4. The van der Waals surface area contributed by atoms with Crippen LogP contribution in [-0.4, -0.2) is 203 Å². The summed E-state index contributed by atoms with van der Waals surface area (Å²) in [6, 6.07) is -6.35. The van der Waals surface area contributed by atoms with E-state index in [1.54, 1.807) is 16.8 Å². The van der Waals surface area contributed by atoms with Gasteiger partial charge in [-0.2, -0.15) is 0 Å². The molecule has 7 N–H and O–H groups in total. The minimum atomic E-state index is -1.75. The molecule has 2 unspecified atom stereocenters. The zero-order chi connectivity index (χ0) is 58.0. The van der Waals surface area contributed by atoms with Gasteiger partial charge >= 0.3 is 11.9 Å². The predicted molar refractivity (Wildman–Crippen MR) is 278 cm³/mol. The number of hydrogen-bond donors (Lipinski definition) is 6. The molecule has 0 radical (unpaired) electrons. The SMILES string of the molecule is CC[C@H](C)[C@@H]([C@@H](CC(=O)N1CCC[C@H]1C(OC)[C@@H](C)C(=O)N[C@H](C(=O)C[C@@H](CCC(=O)O)C(=O)N[C@@H](CCC(=O)[C@H](CN)N1C(=O)C=CC1=O)C(=O)O)C(C)O)OC)N(C)C(=O)[C@@H](CC(=O)[C@H](C(C)C)N(C)C)C(C)C. The van der Waals surface area contributed by atoms with Gasteiger partial charge in [0.1, 0.15) is 18.1 Å². The van der Waals surface area contributed by atoms with Crippen molar-refractivity contribution in [3.8, 4) is 0 Å². The summed E-state index contributed by atoms with van der Waals surface area (Å²) >= 11 is 0. The van der Waals surface area contributed by atoms with Crippen LogP contribution < -0.4 is 16.4 Å². The Morgan fingerprint density at radius 2 is 1.39 bits per heavy atom. The number of ketones is 3. The number of aliphatic hydroxyl groups excluding tert-OH is 1. The number of amides is 6. The lowest BCUT2D eigenvalue weighted by atomic mass is 9.83. The van der Waals surface area contributed by atoms with E-state index in [1.807, 2.05) is 60.5 Å². The Morgan fingerprint density at radius 1 is 0.789 bits per heavy atom. The van der Waals surface area contributed by atoms with E-state index in [1.165, 1.54) is 28.1 Å². The molecule has 1 saturated heterocycles. The van der Waals surface area contributed by atoms with Gasteiger partial charge < -0.3 is 51.0 Å². The van der Waals surface area contributed by atoms with E-state index in [2.05, 4.69) is 10.6 Å². The Morgan fingerprint density at radius 3 is 1.87 bits per heavy atom. The number of carbonyl (C=O) groups excluding carboxylic acids is 9. The number of nitrogens with two attached hydrogens (primary N) is 1. The Balaban J connectivity index is 2.30. The molecule has 1 fully saturated rings. The van der Waals surface area contributed by atoms with Gasteiger partial charge in [0.15, 0.2) is 17.3 Å². The van der Waals surface area contributed by atoms with Crippen LogP contribution in [0.1, 0.15) is 120 Å². The molecule has 0 aliphatic carbocycles. The van der Waals surface area contributed by atoms with E-state index in [-0.39, 0.29) is 54.2 Å². The summed E-state index contributed by atoms with van der Waals surface area (Å²) in [5, 5.41) is 35.0. The number of carboxylic acids is 2. The molecule has 2 aliphatic heterocycles. The van der Waals surface area contributed by atoms with Crippen LogP contribution in [0.3, 0.4) is 0 Å². The van der Waals surface area contributed by atoms with E-state index in [4.69, 9.17) is 15.2 Å². The molecule has 0 aromatic carbocycles. The van der Waals surface area contributed by atoms with Gasteiger partial charge in [-0.15, -0.1) is 0 Å². The van der Waals surface area contributed by atoms with Crippen molar-refractivity contribution in [2.45, 2.75) is 174 Å². The van der Waals surface area contributed by atoms with Crippen LogP contribution in [0.5, 0.6) is 0 Å². The van der Waals surface area contributed by atoms with Crippen molar-refractivity contribution in [2.24, 2.45) is 41.2 Å². The van der Waals surface area contributed by atoms with Gasteiger partial charge in [0.05, 0.1) is 48.8 Å². The Hall–Kier alpha value is -5.49. The van der Waals surface area contributed by atoms with Gasteiger partial charge in [-0.1, -0.05) is 54.9 Å². The summed E-state index contributed by atoms with van der Waals surface area (Å²) < 4.78 is 11.9. The van der Waals surface area contributed by atoms with Gasteiger partial charge in [-0.3, -0.25) is 57.7 Å². The number of nitrogens with one attached hydrogen (secondary N) is 2. The maximum absolute atomic E-state index is 14.4. The monoisotopic (exact) mass is 1080 g/mol. The summed E-state index contributed by atoms with van der Waals surface area (Å²) in [5.41, 5.74) is 5.67. The number of nitrogens with zero attached hydrogens (tertiary/aromatic N) is 4. The average Bonchev–Trinajstić information content (AvgIpc) is 3.96. The number of aliphatic carboxylic acids is 2. The molecular formula is C53H87N7O16. The number of imide groups is 1. The number of ether oxygens (including phenoxy) is 2. The number of hydrogen-bond acceptors (Lipinski definition) is 16. The molecule has 76 heavy (non-hydrogen) atoms. The lowest BCUT2D eigenvalue weighted by Gasteiger charge is -2.41. The zero-order valence-corrected chi connectivity index (χ0v) is 46.8. The van der Waals surface area contributed by atoms with Gasteiger partial charge in [-0.25, -0.2) is 4.79 Å². The van der Waals surface area contributed by atoms with Gasteiger partial charge in [-0.05, 0) is 64.5 Å². The highest BCUT2D eigenvalue weighted by atomic mass is 16.5. The minimum Gasteiger partial charge on any atom is -0.481 e. The lowest BCUT2D eigenvalue weighted by molar-refractivity contribution is -0.149. The number of aliphatic hydroxyl groups is 1. The third-order valence-corrected chi connectivity index (χ3v) is 15.0. The molecule has 23 nitrogen and oxygen atoms in total. The third kappa shape index (κ3) is 18.1. The first kappa shape index (κ1) is 66.6. The van der Waals surface area contributed by atoms with Crippen LogP contribution in [0.2, 0.25) is 0 Å². The van der Waals surface area contributed by atoms with Crippen molar-refractivity contribution in [3.05, 3.63) is 12.2 Å². The van der Waals surface area contributed by atoms with Crippen LogP contribution in [0.25, 0.3) is 0 Å². The average molecular weight is 1080 g/mol. The molecule has 13 atom stereocenters. The highest BCUT2D eigenvalue weighted by Crippen LogP contribution is 2.31. The van der Waals surface area contributed by atoms with Gasteiger partial charge in [0.2, 0.25) is 23.6 Å². The highest BCUT2D eigenvalue weighted by molar-refractivity contribution is 6.15. The van der Waals surface area contributed by atoms with Crippen LogP contribution in [-0.2, 0) is 62.2 Å². The molecular weight excluding hydrogens is 991 g/mol. The van der Waals surface area contributed by atoms with Crippen LogP contribution in [0, 0.1) is 35.5 Å². The molecule has 430 valence electrons. The molecule has 23 heteroatoms. The van der Waals surface area contributed by atoms with E-state index in [0.717, 1.165) is 12.2 Å². The first-order valence-corrected chi connectivity index (χ1v) is 26.4. The smallest absolute Gasteiger partial charge is 0.326 e. The van der Waals surface area contributed by atoms with Gasteiger partial charge in [0.25, 0.3) is 11.8 Å². The van der Waals surface area contributed by atoms with E-state index in [9.17, 15) is 68.1 Å². The summed E-state index contributed by atoms with van der Waals surface area (Å²) in [7, 11) is 8.22. The second-order valence-electron chi connectivity index (χ2n) is 21.3. The number of likely N-dealkylation sites (N-methyl/N-ethyl adjacent to an activating group) is 2. The summed E-state index contributed by atoms with van der Waals surface area (Å²) in [6.45, 7) is 14.3. The minimum absolute atomic E-state index is 0.0293. The molecule has 0 aromatic heterocycles. The third-order valence-electron chi connectivity index (χ3n) is 15.0. The fourth-order valence-corrected chi connectivity index (χ4v) is 10.6. The fraction of sp³-hybridized carbons (Fsp3) is 0.755. The second-order valence-corrected chi connectivity index (χ2v) is 21.3. The number of Topliss-reactive ketones (excluding diaryl/α,β-unsaturated/α-hetero) is 3. The number of carbonyl (C=O) groups is 11. The quantitative estimate of drug-likeness (QED) is 0.0486. The normalized spacial score (nSPS) is 19.5. The molecule has 2 aliphatic rings. The van der Waals surface area contributed by atoms with E-state index >= 15 is 0 Å². The van der Waals surface area contributed by atoms with E-state index < -0.39 is 152 Å². The Kier molecular flexibility index (Phi) is 27.2. The Labute approximate surface area is 447 Å². The molecule has 0 aromatic rings. The second kappa shape index (κ2) is 31.0. The van der Waals surface area contributed by atoms with Crippen LogP contribution >= 0.6 is 0 Å². The number of rotatable bonds is 35. The molecule has 0 saturated carbocycles. The number of likely N-dealkylation sites (tertiary alicyclic amines) is 1. The number of carboxylic acid groups (broad SMARTS) is 2. The molecule has 6 amide bonds. The van der Waals surface area contributed by atoms with E-state index in [0.29, 0.717) is 30.7 Å². The Bertz CT molecular complexity index is 2070. The summed E-state index contributed by atoms with van der Waals surface area (Å²) in [5.74, 6) is -11.9. The maximum Gasteiger partial charge on any atom is 0.326 e. The fourth-order valence-electron chi connectivity index (χ4n) is 10.6. The summed E-state index contributed by atoms with van der Waals surface area (Å²) in [6.07, 6.45) is -2.69. The van der Waals surface area contributed by atoms with Crippen molar-refractivity contribution in [1.29, 1.82) is 0 Å².